The van der Waals surface area contributed by atoms with Gasteiger partial charge in [0.25, 0.3) is 5.91 Å². The Kier molecular flexibility index (Phi) is 3.16. The van der Waals surface area contributed by atoms with Crippen LogP contribution in [-0.4, -0.2) is 39.8 Å². The van der Waals surface area contributed by atoms with Crippen molar-refractivity contribution in [1.82, 2.24) is 4.90 Å². The molecule has 1 aromatic rings. The summed E-state index contributed by atoms with van der Waals surface area (Å²) in [5.41, 5.74) is 3.21. The molecule has 3 rings (SSSR count). The summed E-state index contributed by atoms with van der Waals surface area (Å²) in [5, 5.41) is 18.7. The van der Waals surface area contributed by atoms with Crippen LogP contribution in [0.25, 0.3) is 0 Å². The summed E-state index contributed by atoms with van der Waals surface area (Å²) < 4.78 is 0. The van der Waals surface area contributed by atoms with Crippen molar-refractivity contribution in [3.05, 3.63) is 41.0 Å². The van der Waals surface area contributed by atoms with Gasteiger partial charge in [0.2, 0.25) is 0 Å². The summed E-state index contributed by atoms with van der Waals surface area (Å²) in [6.45, 7) is 4.08. The number of carbonyl (C=O) groups is 1. The molecule has 5 nitrogen and oxygen atoms in total. The number of aliphatic hydroxyl groups excluding tert-OH is 2. The molecule has 2 aliphatic rings. The van der Waals surface area contributed by atoms with Crippen molar-refractivity contribution < 1.29 is 15.0 Å². The quantitative estimate of drug-likeness (QED) is 0.793. The number of rotatable bonds is 2. The van der Waals surface area contributed by atoms with Gasteiger partial charge in [-0.25, -0.2) is 0 Å². The molecule has 0 aliphatic carbocycles. The monoisotopic (exact) mass is 272 g/mol. The second-order valence-electron chi connectivity index (χ2n) is 5.19. The van der Waals surface area contributed by atoms with Gasteiger partial charge in [-0.05, 0) is 29.7 Å². The lowest BCUT2D eigenvalue weighted by Crippen LogP contribution is -2.35. The molecule has 20 heavy (non-hydrogen) atoms. The highest BCUT2D eigenvalue weighted by Crippen LogP contribution is 2.32. The van der Waals surface area contributed by atoms with Crippen molar-refractivity contribution in [1.29, 1.82) is 0 Å². The molecule has 2 aliphatic heterocycles. The number of aliphatic hydroxyl groups is 2. The van der Waals surface area contributed by atoms with E-state index >= 15 is 0 Å². The predicted molar refractivity (Wildman–Crippen MR) is 75.0 cm³/mol. The SMILES string of the molecule is C=C1C[C@H]2C=Nc3cc(CO)c(CO)cc3C(=O)N2C1. The van der Waals surface area contributed by atoms with E-state index in [4.69, 9.17) is 0 Å². The lowest BCUT2D eigenvalue weighted by molar-refractivity contribution is 0.0777. The lowest BCUT2D eigenvalue weighted by atomic mass is 10.0. The molecule has 1 aromatic carbocycles. The maximum atomic E-state index is 12.6. The molecule has 2 heterocycles. The van der Waals surface area contributed by atoms with Crippen molar-refractivity contribution in [2.45, 2.75) is 25.7 Å². The molecule has 1 saturated heterocycles. The number of amides is 1. The highest BCUT2D eigenvalue weighted by atomic mass is 16.3. The minimum absolute atomic E-state index is 0.0439. The van der Waals surface area contributed by atoms with Gasteiger partial charge < -0.3 is 15.1 Å². The largest absolute Gasteiger partial charge is 0.392 e. The van der Waals surface area contributed by atoms with E-state index in [1.54, 1.807) is 23.2 Å². The molecule has 1 fully saturated rings. The number of aliphatic imine (C=N–C) groups is 1. The average molecular weight is 272 g/mol. The molecule has 2 N–H and O–H groups in total. The summed E-state index contributed by atoms with van der Waals surface area (Å²) in [6, 6.07) is 3.26. The van der Waals surface area contributed by atoms with Crippen molar-refractivity contribution in [3.63, 3.8) is 0 Å². The summed E-state index contributed by atoms with van der Waals surface area (Å²) in [5.74, 6) is -0.0969. The van der Waals surface area contributed by atoms with Gasteiger partial charge in [-0.2, -0.15) is 0 Å². The number of hydrogen-bond donors (Lipinski definition) is 2. The van der Waals surface area contributed by atoms with E-state index < -0.39 is 0 Å². The van der Waals surface area contributed by atoms with E-state index in [2.05, 4.69) is 11.6 Å². The van der Waals surface area contributed by atoms with Crippen LogP contribution in [0.3, 0.4) is 0 Å². The molecule has 0 spiro atoms. The second kappa shape index (κ2) is 4.85. The minimum atomic E-state index is -0.212. The maximum Gasteiger partial charge on any atom is 0.256 e. The van der Waals surface area contributed by atoms with Gasteiger partial charge in [0, 0.05) is 12.8 Å². The van der Waals surface area contributed by atoms with E-state index in [-0.39, 0.29) is 25.2 Å². The van der Waals surface area contributed by atoms with Crippen molar-refractivity contribution in [2.24, 2.45) is 4.99 Å². The zero-order valence-electron chi connectivity index (χ0n) is 11.0. The standard InChI is InChI=1S/C15H16N2O3/c1-9-2-12-5-16-14-4-11(8-19)10(7-18)3-13(14)15(20)17(12)6-9/h3-5,12,18-19H,1-2,6-8H2/t12-/m0/s1. The van der Waals surface area contributed by atoms with E-state index in [1.165, 1.54) is 0 Å². The first kappa shape index (κ1) is 13.0. The Labute approximate surface area is 116 Å². The molecule has 0 aromatic heterocycles. The molecule has 0 radical (unpaired) electrons. The highest BCUT2D eigenvalue weighted by Gasteiger charge is 2.33. The van der Waals surface area contributed by atoms with Crippen molar-refractivity contribution in [2.75, 3.05) is 6.54 Å². The first-order valence-corrected chi connectivity index (χ1v) is 6.53. The predicted octanol–water partition coefficient (Wildman–Crippen LogP) is 1.16. The normalized spacial score (nSPS) is 20.9. The first-order valence-electron chi connectivity index (χ1n) is 6.53. The van der Waals surface area contributed by atoms with Gasteiger partial charge in [0.05, 0.1) is 30.5 Å². The fourth-order valence-corrected chi connectivity index (χ4v) is 2.75. The molecule has 1 atom stereocenters. The number of nitrogens with zero attached hydrogens (tertiary/aromatic N) is 2. The van der Waals surface area contributed by atoms with Crippen LogP contribution in [-0.2, 0) is 13.2 Å². The number of carbonyl (C=O) groups excluding carboxylic acids is 1. The summed E-state index contributed by atoms with van der Waals surface area (Å²) in [4.78, 5) is 18.7. The molecular formula is C15H16N2O3. The Morgan fingerprint density at radius 3 is 2.70 bits per heavy atom. The van der Waals surface area contributed by atoms with Crippen molar-refractivity contribution >= 4 is 17.8 Å². The smallest absolute Gasteiger partial charge is 0.256 e. The summed E-state index contributed by atoms with van der Waals surface area (Å²) in [7, 11) is 0. The van der Waals surface area contributed by atoms with Crippen LogP contribution in [0.4, 0.5) is 5.69 Å². The average Bonchev–Trinajstić information content (AvgIpc) is 2.79. The van der Waals surface area contributed by atoms with E-state index in [1.807, 2.05) is 0 Å². The Bertz CT molecular complexity index is 622. The lowest BCUT2D eigenvalue weighted by Gasteiger charge is -2.20. The molecule has 0 bridgehead atoms. The van der Waals surface area contributed by atoms with E-state index in [9.17, 15) is 15.0 Å². The summed E-state index contributed by atoms with van der Waals surface area (Å²) >= 11 is 0. The first-order chi connectivity index (χ1) is 9.63. The van der Waals surface area contributed by atoms with Crippen LogP contribution in [0.2, 0.25) is 0 Å². The second-order valence-corrected chi connectivity index (χ2v) is 5.19. The number of hydrogen-bond acceptors (Lipinski definition) is 4. The highest BCUT2D eigenvalue weighted by molar-refractivity contribution is 6.03. The van der Waals surface area contributed by atoms with Gasteiger partial charge in [-0.15, -0.1) is 0 Å². The zero-order chi connectivity index (χ0) is 14.3. The molecule has 0 saturated carbocycles. The number of benzene rings is 1. The van der Waals surface area contributed by atoms with Crippen LogP contribution < -0.4 is 0 Å². The van der Waals surface area contributed by atoms with Gasteiger partial charge in [0.15, 0.2) is 0 Å². The van der Waals surface area contributed by atoms with Crippen LogP contribution >= 0.6 is 0 Å². The van der Waals surface area contributed by atoms with E-state index in [0.29, 0.717) is 28.9 Å². The Hall–Kier alpha value is -1.98. The third-order valence-electron chi connectivity index (χ3n) is 3.83. The van der Waals surface area contributed by atoms with Gasteiger partial charge in [-0.3, -0.25) is 9.79 Å². The van der Waals surface area contributed by atoms with Crippen LogP contribution in [0.15, 0.2) is 29.3 Å². The molecule has 0 unspecified atom stereocenters. The summed E-state index contributed by atoms with van der Waals surface area (Å²) in [6.07, 6.45) is 2.50. The fourth-order valence-electron chi connectivity index (χ4n) is 2.75. The third kappa shape index (κ3) is 1.95. The van der Waals surface area contributed by atoms with Crippen LogP contribution in [0, 0.1) is 0 Å². The Morgan fingerprint density at radius 1 is 1.30 bits per heavy atom. The molecule has 104 valence electrons. The molecular weight excluding hydrogens is 256 g/mol. The van der Waals surface area contributed by atoms with E-state index in [0.717, 1.165) is 12.0 Å². The van der Waals surface area contributed by atoms with Crippen molar-refractivity contribution in [3.8, 4) is 0 Å². The maximum absolute atomic E-state index is 12.6. The van der Waals surface area contributed by atoms with Gasteiger partial charge in [0.1, 0.15) is 0 Å². The van der Waals surface area contributed by atoms with Gasteiger partial charge in [-0.1, -0.05) is 12.2 Å². The van der Waals surface area contributed by atoms with Crippen LogP contribution in [0.5, 0.6) is 0 Å². The number of fused-ring (bicyclic) bond motifs is 2. The van der Waals surface area contributed by atoms with Crippen LogP contribution in [0.1, 0.15) is 27.9 Å². The fraction of sp³-hybridized carbons (Fsp3) is 0.333. The Balaban J connectivity index is 2.11. The zero-order valence-corrected chi connectivity index (χ0v) is 11.0. The third-order valence-corrected chi connectivity index (χ3v) is 3.83. The Morgan fingerprint density at radius 2 is 2.00 bits per heavy atom. The molecule has 1 amide bonds. The minimum Gasteiger partial charge on any atom is -0.392 e. The molecule has 5 heteroatoms. The van der Waals surface area contributed by atoms with Gasteiger partial charge >= 0.3 is 0 Å². The topological polar surface area (TPSA) is 73.1 Å².